The average molecular weight is 484 g/mol. The first-order valence-corrected chi connectivity index (χ1v) is 12.7. The first-order chi connectivity index (χ1) is 17.0. The fraction of sp³-hybridized carbons (Fsp3) is 0.107. The maximum Gasteiger partial charge on any atom is 0.206 e. The Morgan fingerprint density at radius 1 is 0.857 bits per heavy atom. The lowest BCUT2D eigenvalue weighted by Crippen LogP contribution is -2.29. The van der Waals surface area contributed by atoms with E-state index in [1.54, 1.807) is 55.9 Å². The zero-order chi connectivity index (χ0) is 24.4. The summed E-state index contributed by atoms with van der Waals surface area (Å²) >= 11 is 0. The normalized spacial score (nSPS) is 14.9. The Morgan fingerprint density at radius 3 is 2.14 bits per heavy atom. The SMILES string of the molecule is COc1ccc2c(c1)C=CC(C)N2c1ccc(S(=O)(=O)c2ccc(Nc3ccncc3)cc2)cc1. The smallest absolute Gasteiger partial charge is 0.206 e. The van der Waals surface area contributed by atoms with Gasteiger partial charge in [-0.2, -0.15) is 0 Å². The van der Waals surface area contributed by atoms with Crippen molar-refractivity contribution in [2.45, 2.75) is 22.8 Å². The van der Waals surface area contributed by atoms with Crippen molar-refractivity contribution in [3.8, 4) is 5.75 Å². The predicted octanol–water partition coefficient (Wildman–Crippen LogP) is 6.22. The number of nitrogens with one attached hydrogen (secondary N) is 1. The summed E-state index contributed by atoms with van der Waals surface area (Å²) in [6.45, 7) is 2.11. The zero-order valence-corrected chi connectivity index (χ0v) is 20.2. The van der Waals surface area contributed by atoms with Gasteiger partial charge in [0, 0.05) is 46.7 Å². The summed E-state index contributed by atoms with van der Waals surface area (Å²) in [4.78, 5) is 6.68. The van der Waals surface area contributed by atoms with Gasteiger partial charge in [0.05, 0.1) is 16.9 Å². The Bertz CT molecular complexity index is 1470. The van der Waals surface area contributed by atoms with E-state index in [0.29, 0.717) is 0 Å². The first kappa shape index (κ1) is 22.7. The van der Waals surface area contributed by atoms with Gasteiger partial charge < -0.3 is 15.0 Å². The zero-order valence-electron chi connectivity index (χ0n) is 19.4. The van der Waals surface area contributed by atoms with Crippen LogP contribution in [0.1, 0.15) is 12.5 Å². The molecule has 1 unspecified atom stereocenters. The number of nitrogens with zero attached hydrogens (tertiary/aromatic N) is 2. The Hall–Kier alpha value is -4.10. The van der Waals surface area contributed by atoms with Crippen LogP contribution in [0.15, 0.2) is 107 Å². The summed E-state index contributed by atoms with van der Waals surface area (Å²) in [7, 11) is -1.99. The van der Waals surface area contributed by atoms with Crippen molar-refractivity contribution < 1.29 is 13.2 Å². The van der Waals surface area contributed by atoms with Crippen LogP contribution in [0.2, 0.25) is 0 Å². The molecular weight excluding hydrogens is 458 g/mol. The van der Waals surface area contributed by atoms with E-state index in [2.05, 4.69) is 34.3 Å². The number of benzene rings is 3. The Morgan fingerprint density at radius 2 is 1.49 bits per heavy atom. The molecule has 7 heteroatoms. The van der Waals surface area contributed by atoms with Crippen LogP contribution in [-0.2, 0) is 9.84 Å². The molecule has 0 saturated heterocycles. The summed E-state index contributed by atoms with van der Waals surface area (Å²) in [6.07, 6.45) is 7.60. The van der Waals surface area contributed by atoms with Crippen LogP contribution in [0.3, 0.4) is 0 Å². The second-order valence-electron chi connectivity index (χ2n) is 8.28. The highest BCUT2D eigenvalue weighted by Crippen LogP contribution is 2.38. The Kier molecular flexibility index (Phi) is 6.01. The van der Waals surface area contributed by atoms with Crippen LogP contribution in [0.4, 0.5) is 22.7 Å². The minimum atomic E-state index is -3.65. The quantitative estimate of drug-likeness (QED) is 0.351. The fourth-order valence-electron chi connectivity index (χ4n) is 4.18. The van der Waals surface area contributed by atoms with Gasteiger partial charge in [-0.3, -0.25) is 4.98 Å². The van der Waals surface area contributed by atoms with Crippen LogP contribution >= 0.6 is 0 Å². The molecular formula is C28H25N3O3S. The van der Waals surface area contributed by atoms with Gasteiger partial charge >= 0.3 is 0 Å². The number of rotatable bonds is 6. The van der Waals surface area contributed by atoms with E-state index < -0.39 is 9.84 Å². The summed E-state index contributed by atoms with van der Waals surface area (Å²) in [5.74, 6) is 0.798. The van der Waals surface area contributed by atoms with Crippen LogP contribution in [0.5, 0.6) is 5.75 Å². The number of sulfone groups is 1. The predicted molar refractivity (Wildman–Crippen MR) is 139 cm³/mol. The Labute approximate surface area is 205 Å². The molecule has 3 aromatic carbocycles. The van der Waals surface area contributed by atoms with Gasteiger partial charge in [-0.1, -0.05) is 12.2 Å². The van der Waals surface area contributed by atoms with E-state index >= 15 is 0 Å². The number of aromatic nitrogens is 1. The number of pyridine rings is 1. The van der Waals surface area contributed by atoms with Crippen molar-refractivity contribution >= 4 is 38.7 Å². The lowest BCUT2D eigenvalue weighted by molar-refractivity contribution is 0.414. The molecule has 35 heavy (non-hydrogen) atoms. The lowest BCUT2D eigenvalue weighted by Gasteiger charge is -2.34. The molecule has 1 atom stereocenters. The molecule has 2 heterocycles. The highest BCUT2D eigenvalue weighted by atomic mass is 32.2. The highest BCUT2D eigenvalue weighted by molar-refractivity contribution is 7.91. The third kappa shape index (κ3) is 4.50. The molecule has 0 aliphatic carbocycles. The maximum absolute atomic E-state index is 13.3. The number of ether oxygens (including phenoxy) is 1. The summed E-state index contributed by atoms with van der Waals surface area (Å²) in [5, 5.41) is 3.23. The Balaban J connectivity index is 1.39. The van der Waals surface area contributed by atoms with E-state index in [1.807, 2.05) is 42.5 Å². The molecule has 1 aliphatic heterocycles. The van der Waals surface area contributed by atoms with Gasteiger partial charge in [0.25, 0.3) is 0 Å². The van der Waals surface area contributed by atoms with Crippen molar-refractivity contribution in [3.05, 3.63) is 103 Å². The van der Waals surface area contributed by atoms with Gasteiger partial charge in [0.15, 0.2) is 0 Å². The number of hydrogen-bond donors (Lipinski definition) is 1. The van der Waals surface area contributed by atoms with E-state index in [-0.39, 0.29) is 15.8 Å². The first-order valence-electron chi connectivity index (χ1n) is 11.2. The van der Waals surface area contributed by atoms with Gasteiger partial charge in [-0.05, 0) is 85.8 Å². The molecule has 0 radical (unpaired) electrons. The minimum Gasteiger partial charge on any atom is -0.497 e. The minimum absolute atomic E-state index is 0.124. The molecule has 1 N–H and O–H groups in total. The molecule has 0 amide bonds. The second-order valence-corrected chi connectivity index (χ2v) is 10.2. The van der Waals surface area contributed by atoms with Gasteiger partial charge in [-0.25, -0.2) is 8.42 Å². The average Bonchev–Trinajstić information content (AvgIpc) is 2.89. The van der Waals surface area contributed by atoms with Crippen molar-refractivity contribution in [1.82, 2.24) is 4.98 Å². The van der Waals surface area contributed by atoms with Gasteiger partial charge in [0.2, 0.25) is 9.84 Å². The number of fused-ring (bicyclic) bond motifs is 1. The summed E-state index contributed by atoms with van der Waals surface area (Å²) in [6, 6.07) is 23.6. The number of hydrogen-bond acceptors (Lipinski definition) is 6. The molecule has 0 bridgehead atoms. The van der Waals surface area contributed by atoms with E-state index in [4.69, 9.17) is 4.74 Å². The van der Waals surface area contributed by atoms with Crippen LogP contribution in [-0.4, -0.2) is 26.6 Å². The van der Waals surface area contributed by atoms with Crippen molar-refractivity contribution in [1.29, 1.82) is 0 Å². The van der Waals surface area contributed by atoms with E-state index in [0.717, 1.165) is 34.1 Å². The molecule has 0 saturated carbocycles. The molecule has 5 rings (SSSR count). The van der Waals surface area contributed by atoms with Gasteiger partial charge in [-0.15, -0.1) is 0 Å². The summed E-state index contributed by atoms with van der Waals surface area (Å²) in [5.41, 5.74) is 4.71. The monoisotopic (exact) mass is 483 g/mol. The van der Waals surface area contributed by atoms with Crippen LogP contribution in [0.25, 0.3) is 6.08 Å². The van der Waals surface area contributed by atoms with Gasteiger partial charge in [0.1, 0.15) is 5.75 Å². The molecule has 4 aromatic rings. The standard InChI is InChI=1S/C28H25N3O3S/c1-20-3-4-21-19-25(34-2)9-14-28(21)31(20)24-7-12-27(13-8-24)35(32,33)26-10-5-22(6-11-26)30-23-15-17-29-18-16-23/h3-20H,1-2H3,(H,29,30). The largest absolute Gasteiger partial charge is 0.497 e. The van der Waals surface area contributed by atoms with E-state index in [1.165, 1.54) is 0 Å². The molecule has 0 fully saturated rings. The highest BCUT2D eigenvalue weighted by Gasteiger charge is 2.23. The third-order valence-corrected chi connectivity index (χ3v) is 7.80. The molecule has 0 spiro atoms. The number of anilines is 4. The molecule has 1 aromatic heterocycles. The van der Waals surface area contributed by atoms with Crippen LogP contribution in [0, 0.1) is 0 Å². The van der Waals surface area contributed by atoms with E-state index in [9.17, 15) is 8.42 Å². The molecule has 1 aliphatic rings. The van der Waals surface area contributed by atoms with Crippen molar-refractivity contribution in [2.75, 3.05) is 17.3 Å². The second kappa shape index (κ2) is 9.27. The number of methoxy groups -OCH3 is 1. The molecule has 6 nitrogen and oxygen atoms in total. The fourth-order valence-corrected chi connectivity index (χ4v) is 5.44. The topological polar surface area (TPSA) is 71.5 Å². The molecule has 176 valence electrons. The van der Waals surface area contributed by atoms with Crippen LogP contribution < -0.4 is 15.0 Å². The van der Waals surface area contributed by atoms with Crippen molar-refractivity contribution in [2.24, 2.45) is 0 Å². The van der Waals surface area contributed by atoms with Crippen molar-refractivity contribution in [3.63, 3.8) is 0 Å². The maximum atomic E-state index is 13.3. The lowest BCUT2D eigenvalue weighted by atomic mass is 10.0. The summed E-state index contributed by atoms with van der Waals surface area (Å²) < 4.78 is 31.9. The third-order valence-electron chi connectivity index (χ3n) is 6.01.